The molecule has 0 atom stereocenters. The van der Waals surface area contributed by atoms with Gasteiger partial charge in [0.25, 0.3) is 5.91 Å². The van der Waals surface area contributed by atoms with E-state index in [0.717, 1.165) is 16.3 Å². The first-order valence-corrected chi connectivity index (χ1v) is 9.70. The normalized spacial score (nSPS) is 14.6. The van der Waals surface area contributed by atoms with Crippen molar-refractivity contribution in [3.63, 3.8) is 0 Å². The molecule has 1 aromatic heterocycles. The van der Waals surface area contributed by atoms with Gasteiger partial charge in [0.05, 0.1) is 6.54 Å². The minimum absolute atomic E-state index is 0.0164. The Labute approximate surface area is 163 Å². The highest BCUT2D eigenvalue weighted by atomic mass is 32.2. The van der Waals surface area contributed by atoms with Crippen LogP contribution in [0.4, 0.5) is 11.4 Å². The van der Waals surface area contributed by atoms with Crippen molar-refractivity contribution in [3.8, 4) is 0 Å². The maximum absolute atomic E-state index is 12.6. The van der Waals surface area contributed by atoms with Crippen LogP contribution in [0.15, 0.2) is 47.5 Å². The number of nitrogens with zero attached hydrogens (tertiary/aromatic N) is 2. The highest BCUT2D eigenvalue weighted by Crippen LogP contribution is 2.32. The van der Waals surface area contributed by atoms with Crippen LogP contribution in [0.3, 0.4) is 0 Å². The van der Waals surface area contributed by atoms with Crippen molar-refractivity contribution in [2.75, 3.05) is 29.9 Å². The molecule has 0 spiro atoms. The summed E-state index contributed by atoms with van der Waals surface area (Å²) in [6.07, 6.45) is 1.60. The van der Waals surface area contributed by atoms with Gasteiger partial charge in [-0.1, -0.05) is 20.8 Å². The Kier molecular flexibility index (Phi) is 5.70. The van der Waals surface area contributed by atoms with E-state index in [0.29, 0.717) is 18.8 Å². The highest BCUT2D eigenvalue weighted by molar-refractivity contribution is 8.00. The topological polar surface area (TPSA) is 74.3 Å². The number of carbonyl (C=O) groups is 2. The van der Waals surface area contributed by atoms with Gasteiger partial charge in [0, 0.05) is 40.3 Å². The Morgan fingerprint density at radius 3 is 2.63 bits per heavy atom. The van der Waals surface area contributed by atoms with Crippen LogP contribution < -0.4 is 15.5 Å². The standard InChI is InChI=1S/C20H24N4O2S/c1-20(2,3)27-16-6-4-14(5-7-16)23-19(26)17-12-15(8-9-21-17)24-11-10-22-18(25)13-24/h4-9,12H,10-11,13H2,1-3H3,(H,22,25)(H,23,26). The van der Waals surface area contributed by atoms with Gasteiger partial charge in [0.1, 0.15) is 5.69 Å². The van der Waals surface area contributed by atoms with Crippen LogP contribution >= 0.6 is 11.8 Å². The molecule has 1 saturated heterocycles. The summed E-state index contributed by atoms with van der Waals surface area (Å²) in [5, 5.41) is 5.67. The molecule has 0 aliphatic carbocycles. The average Bonchev–Trinajstić information content (AvgIpc) is 2.62. The quantitative estimate of drug-likeness (QED) is 0.792. The molecule has 0 radical (unpaired) electrons. The van der Waals surface area contributed by atoms with Crippen molar-refractivity contribution >= 4 is 35.0 Å². The van der Waals surface area contributed by atoms with Crippen LogP contribution in [0.1, 0.15) is 31.3 Å². The smallest absolute Gasteiger partial charge is 0.274 e. The number of thioether (sulfide) groups is 1. The SMILES string of the molecule is CC(C)(C)Sc1ccc(NC(=O)c2cc(N3CCNC(=O)C3)ccn2)cc1. The van der Waals surface area contributed by atoms with Gasteiger partial charge in [-0.25, -0.2) is 0 Å². The minimum atomic E-state index is -0.269. The van der Waals surface area contributed by atoms with E-state index in [4.69, 9.17) is 0 Å². The number of hydrogen-bond donors (Lipinski definition) is 2. The lowest BCUT2D eigenvalue weighted by Crippen LogP contribution is -2.47. The van der Waals surface area contributed by atoms with Crippen molar-refractivity contribution in [2.45, 2.75) is 30.4 Å². The van der Waals surface area contributed by atoms with E-state index >= 15 is 0 Å². The predicted molar refractivity (Wildman–Crippen MR) is 109 cm³/mol. The van der Waals surface area contributed by atoms with E-state index in [1.54, 1.807) is 24.0 Å². The largest absolute Gasteiger partial charge is 0.360 e. The Morgan fingerprint density at radius 1 is 1.22 bits per heavy atom. The van der Waals surface area contributed by atoms with E-state index in [9.17, 15) is 9.59 Å². The number of pyridine rings is 1. The maximum atomic E-state index is 12.6. The second-order valence-corrected chi connectivity index (χ2v) is 9.26. The van der Waals surface area contributed by atoms with Gasteiger partial charge >= 0.3 is 0 Å². The molecule has 1 aliphatic rings. The van der Waals surface area contributed by atoms with Gasteiger partial charge in [0.15, 0.2) is 0 Å². The Balaban J connectivity index is 1.67. The van der Waals surface area contributed by atoms with Crippen molar-refractivity contribution in [1.29, 1.82) is 0 Å². The zero-order chi connectivity index (χ0) is 19.4. The van der Waals surface area contributed by atoms with Gasteiger partial charge in [-0.2, -0.15) is 0 Å². The molecule has 1 aliphatic heterocycles. The summed E-state index contributed by atoms with van der Waals surface area (Å²) in [7, 11) is 0. The lowest BCUT2D eigenvalue weighted by atomic mass is 10.2. The molecule has 0 unspecified atom stereocenters. The predicted octanol–water partition coefficient (Wildman–Crippen LogP) is 3.16. The molecule has 6 nitrogen and oxygen atoms in total. The number of carbonyl (C=O) groups excluding carboxylic acids is 2. The number of benzene rings is 1. The van der Waals surface area contributed by atoms with E-state index < -0.39 is 0 Å². The van der Waals surface area contributed by atoms with Gasteiger partial charge in [-0.15, -0.1) is 11.8 Å². The first-order chi connectivity index (χ1) is 12.8. The maximum Gasteiger partial charge on any atom is 0.274 e. The lowest BCUT2D eigenvalue weighted by Gasteiger charge is -2.28. The average molecular weight is 385 g/mol. The minimum Gasteiger partial charge on any atom is -0.360 e. The van der Waals surface area contributed by atoms with E-state index in [-0.39, 0.29) is 23.1 Å². The van der Waals surface area contributed by atoms with Gasteiger partial charge in [0.2, 0.25) is 5.91 Å². The third-order valence-electron chi connectivity index (χ3n) is 3.92. The summed E-state index contributed by atoms with van der Waals surface area (Å²) in [5.74, 6) is -0.285. The van der Waals surface area contributed by atoms with Crippen molar-refractivity contribution in [1.82, 2.24) is 10.3 Å². The first-order valence-electron chi connectivity index (χ1n) is 8.88. The summed E-state index contributed by atoms with van der Waals surface area (Å²) >= 11 is 1.78. The Bertz CT molecular complexity index is 831. The number of piperazine rings is 1. The van der Waals surface area contributed by atoms with Gasteiger partial charge in [-0.3, -0.25) is 14.6 Å². The summed E-state index contributed by atoms with van der Waals surface area (Å²) in [5.41, 5.74) is 1.87. The first kappa shape index (κ1) is 19.2. The number of hydrogen-bond acceptors (Lipinski definition) is 5. The van der Waals surface area contributed by atoms with E-state index in [1.807, 2.05) is 35.2 Å². The van der Waals surface area contributed by atoms with E-state index in [2.05, 4.69) is 36.4 Å². The molecule has 2 heterocycles. The highest BCUT2D eigenvalue weighted by Gasteiger charge is 2.18. The Morgan fingerprint density at radius 2 is 1.96 bits per heavy atom. The van der Waals surface area contributed by atoms with Crippen molar-refractivity contribution in [3.05, 3.63) is 48.3 Å². The fourth-order valence-electron chi connectivity index (χ4n) is 2.75. The molecular formula is C20H24N4O2S. The number of nitrogens with one attached hydrogen (secondary N) is 2. The van der Waals surface area contributed by atoms with Crippen molar-refractivity contribution in [2.24, 2.45) is 0 Å². The molecule has 3 rings (SSSR count). The Hall–Kier alpha value is -2.54. The summed E-state index contributed by atoms with van der Waals surface area (Å²) in [6.45, 7) is 8.09. The second-order valence-electron chi connectivity index (χ2n) is 7.36. The molecule has 1 fully saturated rings. The molecule has 1 aromatic carbocycles. The molecule has 2 N–H and O–H groups in total. The number of aromatic nitrogens is 1. The van der Waals surface area contributed by atoms with Crippen LogP contribution in [0.25, 0.3) is 0 Å². The van der Waals surface area contributed by atoms with Crippen LogP contribution in [0.2, 0.25) is 0 Å². The summed E-state index contributed by atoms with van der Waals surface area (Å²) in [6, 6.07) is 11.3. The summed E-state index contributed by atoms with van der Waals surface area (Å²) < 4.78 is 0.139. The molecule has 2 aromatic rings. The fourth-order valence-corrected chi connectivity index (χ4v) is 3.73. The molecule has 0 bridgehead atoms. The molecule has 2 amide bonds. The third-order valence-corrected chi connectivity index (χ3v) is 5.04. The number of amides is 2. The van der Waals surface area contributed by atoms with Crippen LogP contribution in [-0.4, -0.2) is 41.2 Å². The van der Waals surface area contributed by atoms with Crippen LogP contribution in [0.5, 0.6) is 0 Å². The summed E-state index contributed by atoms with van der Waals surface area (Å²) in [4.78, 5) is 31.4. The van der Waals surface area contributed by atoms with Crippen molar-refractivity contribution < 1.29 is 9.59 Å². The lowest BCUT2D eigenvalue weighted by molar-refractivity contribution is -0.120. The number of rotatable bonds is 4. The van der Waals surface area contributed by atoms with Crippen LogP contribution in [-0.2, 0) is 4.79 Å². The van der Waals surface area contributed by atoms with Gasteiger partial charge in [-0.05, 0) is 36.4 Å². The molecule has 7 heteroatoms. The van der Waals surface area contributed by atoms with E-state index in [1.165, 1.54) is 0 Å². The fraction of sp³-hybridized carbons (Fsp3) is 0.350. The monoisotopic (exact) mass is 384 g/mol. The molecule has 142 valence electrons. The number of anilines is 2. The zero-order valence-electron chi connectivity index (χ0n) is 15.8. The molecular weight excluding hydrogens is 360 g/mol. The molecule has 0 saturated carbocycles. The second kappa shape index (κ2) is 8.00. The van der Waals surface area contributed by atoms with Gasteiger partial charge < -0.3 is 15.5 Å². The zero-order valence-corrected chi connectivity index (χ0v) is 16.6. The van der Waals surface area contributed by atoms with Crippen LogP contribution in [0, 0.1) is 0 Å². The molecule has 27 heavy (non-hydrogen) atoms. The third kappa shape index (κ3) is 5.47.